The Morgan fingerprint density at radius 3 is 2.72 bits per heavy atom. The Morgan fingerprint density at radius 1 is 1.41 bits per heavy atom. The molecule has 1 amide bonds. The van der Waals surface area contributed by atoms with Crippen LogP contribution >= 0.6 is 0 Å². The highest BCUT2D eigenvalue weighted by Gasteiger charge is 2.32. The Morgan fingerprint density at radius 2 is 2.10 bits per heavy atom. The number of nitrogens with one attached hydrogen (secondary N) is 1. The van der Waals surface area contributed by atoms with Crippen molar-refractivity contribution >= 4 is 18.7 Å². The Kier molecular flexibility index (Phi) is 8.68. The number of likely N-dealkylation sites (tertiary alicyclic amines) is 1. The Labute approximate surface area is 174 Å². The summed E-state index contributed by atoms with van der Waals surface area (Å²) in [4.78, 5) is 17.2. The molecule has 162 valence electrons. The highest BCUT2D eigenvalue weighted by atomic mass is 16.5. The SMILES string of the molecule is C=c1c(C(=O)NCC2(O)CCN(CCCOC)CC2)ccc/c1=C/N(C)C(C)C. The highest BCUT2D eigenvalue weighted by Crippen LogP contribution is 2.21. The van der Waals surface area contributed by atoms with Crippen molar-refractivity contribution in [2.75, 3.05) is 46.9 Å². The number of carbonyl (C=O) groups is 1. The van der Waals surface area contributed by atoms with Crippen LogP contribution in [-0.2, 0) is 4.74 Å². The monoisotopic (exact) mass is 403 g/mol. The zero-order valence-electron chi connectivity index (χ0n) is 18.4. The summed E-state index contributed by atoms with van der Waals surface area (Å²) in [6.45, 7) is 12.0. The predicted octanol–water partition coefficient (Wildman–Crippen LogP) is 0.768. The molecule has 2 rings (SSSR count). The van der Waals surface area contributed by atoms with Crippen molar-refractivity contribution in [3.05, 3.63) is 34.2 Å². The van der Waals surface area contributed by atoms with Crippen LogP contribution in [0.25, 0.3) is 12.8 Å². The molecule has 1 aromatic carbocycles. The number of benzene rings is 1. The number of carbonyl (C=O) groups excluding carboxylic acids is 1. The van der Waals surface area contributed by atoms with E-state index in [0.717, 1.165) is 37.9 Å². The fourth-order valence-electron chi connectivity index (χ4n) is 3.45. The molecule has 0 saturated carbocycles. The van der Waals surface area contributed by atoms with E-state index in [2.05, 4.69) is 35.5 Å². The molecule has 0 aromatic heterocycles. The van der Waals surface area contributed by atoms with Crippen molar-refractivity contribution in [3.63, 3.8) is 0 Å². The third-order valence-corrected chi connectivity index (χ3v) is 5.80. The van der Waals surface area contributed by atoms with E-state index in [0.29, 0.717) is 29.7 Å². The summed E-state index contributed by atoms with van der Waals surface area (Å²) in [6.07, 6.45) is 4.32. The van der Waals surface area contributed by atoms with Gasteiger partial charge in [0.1, 0.15) is 0 Å². The summed E-state index contributed by atoms with van der Waals surface area (Å²) in [6, 6.07) is 5.98. The van der Waals surface area contributed by atoms with Gasteiger partial charge in [-0.3, -0.25) is 4.79 Å². The molecule has 0 radical (unpaired) electrons. The quantitative estimate of drug-likeness (QED) is 0.597. The molecule has 0 bridgehead atoms. The summed E-state index contributed by atoms with van der Waals surface area (Å²) in [5.41, 5.74) is -0.299. The second-order valence-electron chi connectivity index (χ2n) is 8.36. The Balaban J connectivity index is 1.95. The van der Waals surface area contributed by atoms with Gasteiger partial charge in [0, 0.05) is 64.7 Å². The van der Waals surface area contributed by atoms with E-state index in [-0.39, 0.29) is 12.5 Å². The summed E-state index contributed by atoms with van der Waals surface area (Å²) in [5, 5.41) is 15.4. The van der Waals surface area contributed by atoms with Crippen LogP contribution in [0.3, 0.4) is 0 Å². The number of ether oxygens (including phenoxy) is 1. The molecule has 6 heteroatoms. The maximum Gasteiger partial charge on any atom is 0.251 e. The van der Waals surface area contributed by atoms with Gasteiger partial charge in [-0.2, -0.15) is 0 Å². The first-order valence-electron chi connectivity index (χ1n) is 10.5. The number of hydrogen-bond acceptors (Lipinski definition) is 5. The van der Waals surface area contributed by atoms with Crippen molar-refractivity contribution in [2.45, 2.75) is 44.8 Å². The van der Waals surface area contributed by atoms with E-state index in [1.807, 2.05) is 25.4 Å². The minimum Gasteiger partial charge on any atom is -0.388 e. The van der Waals surface area contributed by atoms with Crippen molar-refractivity contribution < 1.29 is 14.6 Å². The number of amides is 1. The topological polar surface area (TPSA) is 65.0 Å². The van der Waals surface area contributed by atoms with Crippen molar-refractivity contribution in [2.24, 2.45) is 0 Å². The maximum absolute atomic E-state index is 12.7. The van der Waals surface area contributed by atoms with Gasteiger partial charge < -0.3 is 25.0 Å². The van der Waals surface area contributed by atoms with E-state index in [4.69, 9.17) is 4.74 Å². The molecule has 1 fully saturated rings. The molecule has 1 saturated heterocycles. The molecule has 1 heterocycles. The summed E-state index contributed by atoms with van der Waals surface area (Å²) < 4.78 is 5.10. The Bertz CT molecular complexity index is 770. The molecule has 1 aliphatic heterocycles. The number of methoxy groups -OCH3 is 1. The van der Waals surface area contributed by atoms with Gasteiger partial charge in [0.2, 0.25) is 0 Å². The van der Waals surface area contributed by atoms with E-state index >= 15 is 0 Å². The average Bonchev–Trinajstić information content (AvgIpc) is 2.69. The first kappa shape index (κ1) is 23.4. The van der Waals surface area contributed by atoms with Gasteiger partial charge in [0.25, 0.3) is 5.91 Å². The van der Waals surface area contributed by atoms with Crippen molar-refractivity contribution in [3.8, 4) is 0 Å². The number of aliphatic hydroxyl groups is 1. The lowest BCUT2D eigenvalue weighted by atomic mass is 9.91. The molecule has 1 aliphatic rings. The number of rotatable bonds is 9. The van der Waals surface area contributed by atoms with Gasteiger partial charge in [-0.15, -0.1) is 0 Å². The van der Waals surface area contributed by atoms with Crippen LogP contribution in [0.4, 0.5) is 0 Å². The zero-order valence-corrected chi connectivity index (χ0v) is 18.4. The minimum absolute atomic E-state index is 0.187. The van der Waals surface area contributed by atoms with E-state index in [1.54, 1.807) is 13.2 Å². The molecule has 0 atom stereocenters. The third-order valence-electron chi connectivity index (χ3n) is 5.80. The standard InChI is InChI=1S/C23H37N3O3/c1-18(2)25(4)16-20-8-6-9-21(19(20)3)22(27)24-17-23(28)10-13-26(14-11-23)12-7-15-29-5/h6,8-9,16,18,28H,3,7,10-15,17H2,1-2,4-5H3,(H,24,27)/b20-16-. The molecule has 1 aromatic rings. The van der Waals surface area contributed by atoms with E-state index < -0.39 is 5.60 Å². The van der Waals surface area contributed by atoms with Crippen LogP contribution < -0.4 is 15.8 Å². The molecular formula is C23H37N3O3. The van der Waals surface area contributed by atoms with Gasteiger partial charge >= 0.3 is 0 Å². The molecule has 0 aliphatic carbocycles. The van der Waals surface area contributed by atoms with Gasteiger partial charge in [-0.1, -0.05) is 18.7 Å². The smallest absolute Gasteiger partial charge is 0.251 e. The first-order valence-corrected chi connectivity index (χ1v) is 10.5. The lowest BCUT2D eigenvalue weighted by Gasteiger charge is -2.38. The van der Waals surface area contributed by atoms with Crippen LogP contribution in [0.5, 0.6) is 0 Å². The van der Waals surface area contributed by atoms with Crippen molar-refractivity contribution in [1.82, 2.24) is 15.1 Å². The molecule has 2 N–H and O–H groups in total. The minimum atomic E-state index is -0.851. The van der Waals surface area contributed by atoms with E-state index in [1.165, 1.54) is 0 Å². The first-order chi connectivity index (χ1) is 13.8. The van der Waals surface area contributed by atoms with Gasteiger partial charge in [0.05, 0.1) is 5.60 Å². The zero-order chi connectivity index (χ0) is 21.4. The third kappa shape index (κ3) is 6.84. The lowest BCUT2D eigenvalue weighted by Crippen LogP contribution is -2.51. The molecule has 29 heavy (non-hydrogen) atoms. The van der Waals surface area contributed by atoms with Gasteiger partial charge in [-0.05, 0) is 49.6 Å². The summed E-state index contributed by atoms with van der Waals surface area (Å²) in [7, 11) is 3.72. The normalized spacial score (nSPS) is 17.5. The van der Waals surface area contributed by atoms with Crippen LogP contribution in [-0.4, -0.2) is 79.4 Å². The highest BCUT2D eigenvalue weighted by molar-refractivity contribution is 5.94. The summed E-state index contributed by atoms with van der Waals surface area (Å²) >= 11 is 0. The summed E-state index contributed by atoms with van der Waals surface area (Å²) in [5.74, 6) is -0.187. The van der Waals surface area contributed by atoms with Crippen molar-refractivity contribution in [1.29, 1.82) is 0 Å². The maximum atomic E-state index is 12.7. The van der Waals surface area contributed by atoms with Crippen LogP contribution in [0.1, 0.15) is 43.5 Å². The Hall–Kier alpha value is -1.89. The lowest BCUT2D eigenvalue weighted by molar-refractivity contribution is -0.0200. The van der Waals surface area contributed by atoms with Crippen LogP contribution in [0.2, 0.25) is 0 Å². The molecule has 0 spiro atoms. The fourth-order valence-corrected chi connectivity index (χ4v) is 3.45. The molecule has 6 nitrogen and oxygen atoms in total. The molecule has 0 unspecified atom stereocenters. The number of hydrogen-bond donors (Lipinski definition) is 2. The number of nitrogens with zero attached hydrogens (tertiary/aromatic N) is 2. The number of piperidine rings is 1. The van der Waals surface area contributed by atoms with Crippen LogP contribution in [0.15, 0.2) is 18.2 Å². The fraction of sp³-hybridized carbons (Fsp3) is 0.609. The average molecular weight is 404 g/mol. The van der Waals surface area contributed by atoms with Gasteiger partial charge in [0.15, 0.2) is 0 Å². The largest absolute Gasteiger partial charge is 0.388 e. The van der Waals surface area contributed by atoms with Crippen LogP contribution in [0, 0.1) is 0 Å². The predicted molar refractivity (Wildman–Crippen MR) is 118 cm³/mol. The second kappa shape index (κ2) is 10.8. The van der Waals surface area contributed by atoms with E-state index in [9.17, 15) is 9.90 Å². The van der Waals surface area contributed by atoms with Gasteiger partial charge in [-0.25, -0.2) is 0 Å². The molecular weight excluding hydrogens is 366 g/mol. The second-order valence-corrected chi connectivity index (χ2v) is 8.36.